The summed E-state index contributed by atoms with van der Waals surface area (Å²) in [5, 5.41) is 2.99. The number of rotatable bonds is 3. The fourth-order valence-electron chi connectivity index (χ4n) is 3.36. The molecule has 1 N–H and O–H groups in total. The number of benzene rings is 2. The van der Waals surface area contributed by atoms with Crippen LogP contribution in [-0.4, -0.2) is 11.7 Å². The van der Waals surface area contributed by atoms with Crippen LogP contribution in [0.15, 0.2) is 36.4 Å². The van der Waals surface area contributed by atoms with E-state index in [1.807, 2.05) is 0 Å². The first-order valence-corrected chi connectivity index (χ1v) is 8.67. The van der Waals surface area contributed by atoms with Crippen LogP contribution in [-0.2, 0) is 11.2 Å². The highest BCUT2D eigenvalue weighted by molar-refractivity contribution is 6.31. The van der Waals surface area contributed by atoms with Gasteiger partial charge in [-0.3, -0.25) is 4.79 Å². The highest BCUT2D eigenvalue weighted by Gasteiger charge is 2.44. The molecular formula is C19H17ClFNO3. The SMILES string of the molecule is O=C(Cc1c(F)cccc1Cl)Nc1ccc2c(c1)OC1(CCCC1)O2. The van der Waals surface area contributed by atoms with E-state index in [0.717, 1.165) is 25.7 Å². The number of halogens is 2. The normalized spacial score (nSPS) is 17.0. The first-order chi connectivity index (χ1) is 12.0. The monoisotopic (exact) mass is 361 g/mol. The summed E-state index contributed by atoms with van der Waals surface area (Å²) < 4.78 is 25.7. The van der Waals surface area contributed by atoms with Gasteiger partial charge in [0, 0.05) is 35.2 Å². The molecule has 1 amide bonds. The molecule has 0 aromatic heterocycles. The van der Waals surface area contributed by atoms with Crippen LogP contribution in [0.2, 0.25) is 5.02 Å². The third kappa shape index (κ3) is 3.16. The number of fused-ring (bicyclic) bond motifs is 1. The lowest BCUT2D eigenvalue weighted by Gasteiger charge is -2.21. The molecule has 0 radical (unpaired) electrons. The second-order valence-electron chi connectivity index (χ2n) is 6.41. The molecule has 2 aromatic carbocycles. The summed E-state index contributed by atoms with van der Waals surface area (Å²) in [5.41, 5.74) is 0.766. The third-order valence-electron chi connectivity index (χ3n) is 4.58. The highest BCUT2D eigenvalue weighted by Crippen LogP contribution is 2.47. The summed E-state index contributed by atoms with van der Waals surface area (Å²) in [6, 6.07) is 9.63. The van der Waals surface area contributed by atoms with E-state index in [0.29, 0.717) is 17.2 Å². The van der Waals surface area contributed by atoms with Crippen molar-refractivity contribution < 1.29 is 18.7 Å². The Bertz CT molecular complexity index is 813. The van der Waals surface area contributed by atoms with Gasteiger partial charge in [0.1, 0.15) is 5.82 Å². The molecule has 4 rings (SSSR count). The van der Waals surface area contributed by atoms with Gasteiger partial charge in [-0.2, -0.15) is 0 Å². The highest BCUT2D eigenvalue weighted by atomic mass is 35.5. The number of hydrogen-bond donors (Lipinski definition) is 1. The Labute approximate surface area is 149 Å². The smallest absolute Gasteiger partial charge is 0.251 e. The van der Waals surface area contributed by atoms with Crippen LogP contribution in [0, 0.1) is 5.82 Å². The van der Waals surface area contributed by atoms with Gasteiger partial charge in [0.25, 0.3) is 5.79 Å². The van der Waals surface area contributed by atoms with Gasteiger partial charge in [-0.15, -0.1) is 0 Å². The molecule has 1 aliphatic carbocycles. The minimum Gasteiger partial charge on any atom is -0.448 e. The van der Waals surface area contributed by atoms with E-state index < -0.39 is 11.6 Å². The first-order valence-electron chi connectivity index (χ1n) is 8.29. The standard InChI is InChI=1S/C19H17ClFNO3/c20-14-4-3-5-15(21)13(14)11-18(23)22-12-6-7-16-17(10-12)25-19(24-16)8-1-2-9-19/h3-7,10H,1-2,8-9,11H2,(H,22,23). The summed E-state index contributed by atoms with van der Waals surface area (Å²) in [6.07, 6.45) is 3.77. The lowest BCUT2D eigenvalue weighted by atomic mass is 10.1. The molecule has 4 nitrogen and oxygen atoms in total. The maximum Gasteiger partial charge on any atom is 0.251 e. The maximum atomic E-state index is 13.8. The molecule has 1 fully saturated rings. The fraction of sp³-hybridized carbons (Fsp3) is 0.316. The summed E-state index contributed by atoms with van der Waals surface area (Å²) in [6.45, 7) is 0. The van der Waals surface area contributed by atoms with Crippen molar-refractivity contribution in [2.24, 2.45) is 0 Å². The average Bonchev–Trinajstić information content (AvgIpc) is 3.17. The van der Waals surface area contributed by atoms with E-state index in [4.69, 9.17) is 21.1 Å². The van der Waals surface area contributed by atoms with E-state index in [2.05, 4.69) is 5.32 Å². The Morgan fingerprint density at radius 1 is 1.16 bits per heavy atom. The molecule has 25 heavy (non-hydrogen) atoms. The van der Waals surface area contributed by atoms with Crippen LogP contribution < -0.4 is 14.8 Å². The second kappa shape index (κ2) is 6.23. The molecule has 6 heteroatoms. The zero-order valence-corrected chi connectivity index (χ0v) is 14.2. The van der Waals surface area contributed by atoms with Gasteiger partial charge in [0.15, 0.2) is 11.5 Å². The van der Waals surface area contributed by atoms with Gasteiger partial charge in [0.2, 0.25) is 5.91 Å². The van der Waals surface area contributed by atoms with Gasteiger partial charge in [-0.1, -0.05) is 17.7 Å². The summed E-state index contributed by atoms with van der Waals surface area (Å²) in [7, 11) is 0. The van der Waals surface area contributed by atoms with Crippen molar-refractivity contribution in [3.8, 4) is 11.5 Å². The molecule has 130 valence electrons. The zero-order chi connectivity index (χ0) is 17.4. The largest absolute Gasteiger partial charge is 0.448 e. The van der Waals surface area contributed by atoms with Crippen molar-refractivity contribution in [2.45, 2.75) is 37.9 Å². The van der Waals surface area contributed by atoms with Crippen LogP contribution >= 0.6 is 11.6 Å². The number of ether oxygens (including phenoxy) is 2. The van der Waals surface area contributed by atoms with E-state index in [1.165, 1.54) is 12.1 Å². The van der Waals surface area contributed by atoms with Crippen LogP contribution in [0.3, 0.4) is 0 Å². The molecular weight excluding hydrogens is 345 g/mol. The van der Waals surface area contributed by atoms with Gasteiger partial charge in [-0.05, 0) is 37.1 Å². The third-order valence-corrected chi connectivity index (χ3v) is 4.94. The molecule has 0 unspecified atom stereocenters. The van der Waals surface area contributed by atoms with Gasteiger partial charge < -0.3 is 14.8 Å². The number of nitrogens with one attached hydrogen (secondary N) is 1. The molecule has 1 saturated carbocycles. The van der Waals surface area contributed by atoms with E-state index in [9.17, 15) is 9.18 Å². The Kier molecular flexibility index (Phi) is 4.04. The van der Waals surface area contributed by atoms with Crippen molar-refractivity contribution in [3.05, 3.63) is 52.8 Å². The molecule has 1 aliphatic heterocycles. The Hall–Kier alpha value is -2.27. The molecule has 1 heterocycles. The molecule has 0 bridgehead atoms. The van der Waals surface area contributed by atoms with Crippen molar-refractivity contribution >= 4 is 23.2 Å². The van der Waals surface area contributed by atoms with Crippen LogP contribution in [0.4, 0.5) is 10.1 Å². The number of anilines is 1. The van der Waals surface area contributed by atoms with Crippen molar-refractivity contribution in [1.29, 1.82) is 0 Å². The summed E-state index contributed by atoms with van der Waals surface area (Å²) in [4.78, 5) is 12.2. The molecule has 1 spiro atoms. The fourth-order valence-corrected chi connectivity index (χ4v) is 3.59. The van der Waals surface area contributed by atoms with Crippen molar-refractivity contribution in [3.63, 3.8) is 0 Å². The van der Waals surface area contributed by atoms with Crippen molar-refractivity contribution in [2.75, 3.05) is 5.32 Å². The molecule has 0 saturated heterocycles. The van der Waals surface area contributed by atoms with Gasteiger partial charge in [-0.25, -0.2) is 4.39 Å². The predicted molar refractivity (Wildman–Crippen MR) is 92.6 cm³/mol. The van der Waals surface area contributed by atoms with E-state index >= 15 is 0 Å². The summed E-state index contributed by atoms with van der Waals surface area (Å²) in [5.74, 6) is -0.0512. The van der Waals surface area contributed by atoms with Crippen molar-refractivity contribution in [1.82, 2.24) is 0 Å². The lowest BCUT2D eigenvalue weighted by molar-refractivity contribution is -0.115. The van der Waals surface area contributed by atoms with Gasteiger partial charge >= 0.3 is 0 Å². The number of hydrogen-bond acceptors (Lipinski definition) is 3. The first kappa shape index (κ1) is 16.2. The number of carbonyl (C=O) groups is 1. The molecule has 2 aliphatic rings. The van der Waals surface area contributed by atoms with Crippen LogP contribution in [0.25, 0.3) is 0 Å². The van der Waals surface area contributed by atoms with Crippen LogP contribution in [0.5, 0.6) is 11.5 Å². The quantitative estimate of drug-likeness (QED) is 0.861. The van der Waals surface area contributed by atoms with E-state index in [-0.39, 0.29) is 22.9 Å². The predicted octanol–water partition coefficient (Wildman–Crippen LogP) is 4.70. The Balaban J connectivity index is 1.46. The number of carbonyl (C=O) groups excluding carboxylic acids is 1. The van der Waals surface area contributed by atoms with Gasteiger partial charge in [0.05, 0.1) is 6.42 Å². The maximum absolute atomic E-state index is 13.8. The number of amides is 1. The zero-order valence-electron chi connectivity index (χ0n) is 13.5. The Morgan fingerprint density at radius 2 is 1.92 bits per heavy atom. The Morgan fingerprint density at radius 3 is 2.68 bits per heavy atom. The van der Waals surface area contributed by atoms with E-state index in [1.54, 1.807) is 24.3 Å². The topological polar surface area (TPSA) is 47.6 Å². The lowest BCUT2D eigenvalue weighted by Crippen LogP contribution is -2.34. The summed E-state index contributed by atoms with van der Waals surface area (Å²) >= 11 is 5.97. The average molecular weight is 362 g/mol. The minimum atomic E-state index is -0.536. The minimum absolute atomic E-state index is 0.135. The molecule has 2 aromatic rings. The van der Waals surface area contributed by atoms with Crippen LogP contribution in [0.1, 0.15) is 31.2 Å². The molecule has 0 atom stereocenters. The second-order valence-corrected chi connectivity index (χ2v) is 6.82.